The fourth-order valence-electron chi connectivity index (χ4n) is 5.59. The lowest BCUT2D eigenvalue weighted by Gasteiger charge is -2.44. The van der Waals surface area contributed by atoms with Gasteiger partial charge in [-0.3, -0.25) is 14.3 Å². The Labute approximate surface area is 233 Å². The number of fused-ring (bicyclic) bond motifs is 4. The van der Waals surface area contributed by atoms with Crippen molar-refractivity contribution >= 4 is 27.3 Å². The molecule has 2 N–H and O–H groups in total. The van der Waals surface area contributed by atoms with Crippen molar-refractivity contribution < 1.29 is 22.7 Å². The first kappa shape index (κ1) is 27.3. The minimum atomic E-state index is -4.16. The summed E-state index contributed by atoms with van der Waals surface area (Å²) in [5.74, 6) is 0.487. The number of aromatic nitrogens is 1. The molecule has 1 aromatic heterocycles. The maximum atomic E-state index is 13.7. The van der Waals surface area contributed by atoms with Crippen molar-refractivity contribution in [3.63, 3.8) is 0 Å². The Hall–Kier alpha value is -4.25. The molecule has 1 amide bonds. The maximum Gasteiger partial charge on any atom is 0.265 e. The third-order valence-corrected chi connectivity index (χ3v) is 8.78. The molecule has 10 nitrogen and oxygen atoms in total. The monoisotopic (exact) mass is 564 g/mol. The first-order valence-corrected chi connectivity index (χ1v) is 14.4. The highest BCUT2D eigenvalue weighted by Crippen LogP contribution is 2.40. The predicted octanol–water partition coefficient (Wildman–Crippen LogP) is 3.21. The van der Waals surface area contributed by atoms with Crippen LogP contribution >= 0.6 is 0 Å². The van der Waals surface area contributed by atoms with Gasteiger partial charge >= 0.3 is 0 Å². The van der Waals surface area contributed by atoms with Crippen molar-refractivity contribution in [1.29, 1.82) is 0 Å². The van der Waals surface area contributed by atoms with Crippen LogP contribution in [0.3, 0.4) is 0 Å². The van der Waals surface area contributed by atoms with Gasteiger partial charge in [-0.25, -0.2) is 8.42 Å². The lowest BCUT2D eigenvalue weighted by atomic mass is 9.83. The van der Waals surface area contributed by atoms with Crippen LogP contribution in [0.2, 0.25) is 0 Å². The molecule has 3 aromatic rings. The van der Waals surface area contributed by atoms with Crippen LogP contribution in [0.1, 0.15) is 28.4 Å². The topological polar surface area (TPSA) is 119 Å². The van der Waals surface area contributed by atoms with Crippen molar-refractivity contribution in [2.24, 2.45) is 5.92 Å². The lowest BCUT2D eigenvalue weighted by molar-refractivity contribution is 0.0958. The molecule has 2 bridgehead atoms. The van der Waals surface area contributed by atoms with Crippen molar-refractivity contribution in [2.45, 2.75) is 23.8 Å². The number of methoxy groups -OCH3 is 2. The number of anilines is 2. The van der Waals surface area contributed by atoms with E-state index in [1.165, 1.54) is 26.4 Å². The lowest BCUT2D eigenvalue weighted by Crippen LogP contribution is -2.47. The normalized spacial score (nSPS) is 17.9. The van der Waals surface area contributed by atoms with Crippen LogP contribution in [0, 0.1) is 5.92 Å². The Balaban J connectivity index is 1.55. The third kappa shape index (κ3) is 5.29. The molecule has 2 unspecified atom stereocenters. The zero-order valence-corrected chi connectivity index (χ0v) is 23.2. The van der Waals surface area contributed by atoms with Crippen molar-refractivity contribution in [1.82, 2.24) is 9.88 Å². The van der Waals surface area contributed by atoms with E-state index in [4.69, 9.17) is 9.47 Å². The zero-order chi connectivity index (χ0) is 28.4. The van der Waals surface area contributed by atoms with E-state index >= 15 is 0 Å². The van der Waals surface area contributed by atoms with Gasteiger partial charge < -0.3 is 24.3 Å². The van der Waals surface area contributed by atoms with Gasteiger partial charge in [-0.1, -0.05) is 12.1 Å². The highest BCUT2D eigenvalue weighted by molar-refractivity contribution is 7.92. The predicted molar refractivity (Wildman–Crippen MR) is 153 cm³/mol. The number of rotatable bonds is 9. The Kier molecular flexibility index (Phi) is 7.57. The molecule has 2 aromatic carbocycles. The second kappa shape index (κ2) is 11.1. The molecule has 0 saturated carbocycles. The summed E-state index contributed by atoms with van der Waals surface area (Å²) in [7, 11) is -1.31. The minimum Gasteiger partial charge on any atom is -0.497 e. The smallest absolute Gasteiger partial charge is 0.265 e. The van der Waals surface area contributed by atoms with Gasteiger partial charge in [-0.2, -0.15) is 0 Å². The van der Waals surface area contributed by atoms with Gasteiger partial charge in [0.05, 0.1) is 25.6 Å². The molecule has 1 fully saturated rings. The molecular formula is C29H32N4O6S. The van der Waals surface area contributed by atoms with E-state index < -0.39 is 10.0 Å². The first-order valence-electron chi connectivity index (χ1n) is 13.0. The Morgan fingerprint density at radius 2 is 1.90 bits per heavy atom. The highest BCUT2D eigenvalue weighted by Gasteiger charge is 2.36. The maximum absolute atomic E-state index is 13.7. The Morgan fingerprint density at radius 1 is 1.07 bits per heavy atom. The number of carbonyl (C=O) groups is 1. The van der Waals surface area contributed by atoms with Crippen LogP contribution in [0.4, 0.5) is 11.4 Å². The number of piperidine rings is 1. The number of ether oxygens (including phenoxy) is 2. The fraction of sp³-hybridized carbons (Fsp3) is 0.310. The van der Waals surface area contributed by atoms with Crippen LogP contribution < -0.4 is 30.0 Å². The highest BCUT2D eigenvalue weighted by atomic mass is 32.2. The minimum absolute atomic E-state index is 0.00350. The molecule has 2 aliphatic heterocycles. The van der Waals surface area contributed by atoms with E-state index in [1.807, 2.05) is 10.6 Å². The second-order valence-corrected chi connectivity index (χ2v) is 11.6. The van der Waals surface area contributed by atoms with Crippen molar-refractivity contribution in [3.8, 4) is 11.5 Å². The van der Waals surface area contributed by atoms with E-state index in [1.54, 1.807) is 42.5 Å². The summed E-state index contributed by atoms with van der Waals surface area (Å²) in [5, 5.41) is 2.73. The average molecular weight is 565 g/mol. The number of benzene rings is 2. The van der Waals surface area contributed by atoms with E-state index in [9.17, 15) is 18.0 Å². The molecule has 1 saturated heterocycles. The summed E-state index contributed by atoms with van der Waals surface area (Å²) in [4.78, 5) is 27.3. The number of hydrogen-bond acceptors (Lipinski definition) is 7. The fourth-order valence-corrected chi connectivity index (χ4v) is 6.84. The SMILES string of the molecule is C=CCNC(=O)c1ccc(N2CC3CC(C2)c2cccc(=O)n2C3)c(NS(=O)(=O)c2cc(OC)ccc2OC)c1. The average Bonchev–Trinajstić information content (AvgIpc) is 2.95. The van der Waals surface area contributed by atoms with E-state index in [-0.39, 0.29) is 46.2 Å². The van der Waals surface area contributed by atoms with Crippen LogP contribution in [0.15, 0.2) is 76.9 Å². The molecule has 2 aliphatic rings. The molecule has 40 heavy (non-hydrogen) atoms. The molecule has 3 heterocycles. The summed E-state index contributed by atoms with van der Waals surface area (Å²) in [5.41, 5.74) is 2.19. The zero-order valence-electron chi connectivity index (χ0n) is 22.4. The molecule has 11 heteroatoms. The van der Waals surface area contributed by atoms with E-state index in [0.717, 1.165) is 12.1 Å². The standard InChI is InChI=1S/C29H32N4O6S/c1-4-12-30-29(35)20-8-10-25(32-16-19-13-21(18-32)24-6-5-7-28(34)33(24)17-19)23(14-20)31-40(36,37)27-15-22(38-2)9-11-26(27)39-3/h4-11,14-15,19,21,31H,1,12-13,16-18H2,2-3H3,(H,30,35). The first-order chi connectivity index (χ1) is 19.2. The Bertz CT molecular complexity index is 1620. The summed E-state index contributed by atoms with van der Waals surface area (Å²) < 4.78 is 42.6. The second-order valence-electron chi connectivity index (χ2n) is 9.96. The quantitative estimate of drug-likeness (QED) is 0.383. The molecular weight excluding hydrogens is 532 g/mol. The molecule has 2 atom stereocenters. The summed E-state index contributed by atoms with van der Waals surface area (Å²) in [6, 6.07) is 14.9. The van der Waals surface area contributed by atoms with Crippen molar-refractivity contribution in [2.75, 3.05) is 43.5 Å². The van der Waals surface area contributed by atoms with Crippen LogP contribution in [-0.2, 0) is 16.6 Å². The molecule has 0 radical (unpaired) electrons. The van der Waals surface area contributed by atoms with Gasteiger partial charge in [0.15, 0.2) is 0 Å². The molecule has 210 valence electrons. The summed E-state index contributed by atoms with van der Waals surface area (Å²) >= 11 is 0. The molecule has 0 aliphatic carbocycles. The number of nitrogens with one attached hydrogen (secondary N) is 2. The van der Waals surface area contributed by atoms with Gasteiger partial charge in [0, 0.05) is 55.5 Å². The van der Waals surface area contributed by atoms with Gasteiger partial charge in [0.2, 0.25) is 0 Å². The summed E-state index contributed by atoms with van der Waals surface area (Å²) in [6.45, 7) is 5.73. The van der Waals surface area contributed by atoms with Crippen LogP contribution in [0.25, 0.3) is 0 Å². The van der Waals surface area contributed by atoms with E-state index in [2.05, 4.69) is 21.5 Å². The Morgan fingerprint density at radius 3 is 2.65 bits per heavy atom. The number of nitrogens with zero attached hydrogens (tertiary/aromatic N) is 2. The summed E-state index contributed by atoms with van der Waals surface area (Å²) in [6.07, 6.45) is 2.52. The van der Waals surface area contributed by atoms with Gasteiger partial charge in [0.25, 0.3) is 21.5 Å². The number of hydrogen-bond donors (Lipinski definition) is 2. The van der Waals surface area contributed by atoms with Gasteiger partial charge in [-0.05, 0) is 48.7 Å². The van der Waals surface area contributed by atoms with E-state index in [0.29, 0.717) is 36.6 Å². The van der Waals surface area contributed by atoms with Crippen molar-refractivity contribution in [3.05, 3.63) is 88.9 Å². The molecule has 0 spiro atoms. The third-order valence-electron chi connectivity index (χ3n) is 7.39. The number of pyridine rings is 1. The van der Waals surface area contributed by atoms with Gasteiger partial charge in [-0.15, -0.1) is 6.58 Å². The largest absolute Gasteiger partial charge is 0.497 e. The van der Waals surface area contributed by atoms with Gasteiger partial charge in [0.1, 0.15) is 16.4 Å². The number of sulfonamides is 1. The number of amides is 1. The van der Waals surface area contributed by atoms with Crippen LogP contribution in [0.5, 0.6) is 11.5 Å². The molecule has 5 rings (SSSR count). The van der Waals surface area contributed by atoms with Crippen LogP contribution in [-0.4, -0.2) is 52.7 Å². The number of carbonyl (C=O) groups excluding carboxylic acids is 1.